The van der Waals surface area contributed by atoms with Gasteiger partial charge in [-0.15, -0.1) is 0 Å². The number of ketones is 1. The van der Waals surface area contributed by atoms with Gasteiger partial charge in [-0.25, -0.2) is 0 Å². The summed E-state index contributed by atoms with van der Waals surface area (Å²) in [4.78, 5) is 15.0. The number of hydrogen-bond acceptors (Lipinski definition) is 3. The van der Waals surface area contributed by atoms with Gasteiger partial charge in [0.1, 0.15) is 11.5 Å². The maximum atomic E-state index is 12.5. The van der Waals surface area contributed by atoms with Crippen molar-refractivity contribution < 1.29 is 9.90 Å². The molecular weight excluding hydrogens is 310 g/mol. The van der Waals surface area contributed by atoms with Crippen LogP contribution in [0.5, 0.6) is 5.75 Å². The van der Waals surface area contributed by atoms with Crippen LogP contribution in [0.2, 0.25) is 0 Å². The first kappa shape index (κ1) is 16.3. The van der Waals surface area contributed by atoms with Crippen molar-refractivity contribution in [3.05, 3.63) is 65.7 Å². The average molecular weight is 335 g/mol. The van der Waals surface area contributed by atoms with Gasteiger partial charge in [0, 0.05) is 30.8 Å². The van der Waals surface area contributed by atoms with Gasteiger partial charge in [0.15, 0.2) is 0 Å². The first-order valence-electron chi connectivity index (χ1n) is 9.24. The molecule has 0 amide bonds. The molecule has 3 nitrogen and oxygen atoms in total. The van der Waals surface area contributed by atoms with Crippen LogP contribution in [0.1, 0.15) is 36.8 Å². The molecule has 1 heterocycles. The summed E-state index contributed by atoms with van der Waals surface area (Å²) in [5, 5.41) is 9.87. The van der Waals surface area contributed by atoms with E-state index in [0.717, 1.165) is 37.9 Å². The van der Waals surface area contributed by atoms with Gasteiger partial charge in [0.2, 0.25) is 0 Å². The number of hydrogen-bond donors (Lipinski definition) is 1. The zero-order valence-electron chi connectivity index (χ0n) is 14.5. The van der Waals surface area contributed by atoms with E-state index >= 15 is 0 Å². The summed E-state index contributed by atoms with van der Waals surface area (Å²) in [6, 6.07) is 18.4. The molecule has 0 aromatic heterocycles. The molecule has 2 fully saturated rings. The van der Waals surface area contributed by atoms with Crippen LogP contribution in [-0.2, 0) is 16.6 Å². The van der Waals surface area contributed by atoms with Gasteiger partial charge in [0.05, 0.1) is 0 Å². The molecule has 3 heteroatoms. The minimum atomic E-state index is -0.0814. The normalized spacial score (nSPS) is 26.6. The molecule has 2 bridgehead atoms. The van der Waals surface area contributed by atoms with Gasteiger partial charge in [-0.2, -0.15) is 0 Å². The summed E-state index contributed by atoms with van der Waals surface area (Å²) in [6.45, 7) is 2.04. The second kappa shape index (κ2) is 6.64. The summed E-state index contributed by atoms with van der Waals surface area (Å²) >= 11 is 0. The molecule has 2 aliphatic rings. The molecule has 1 aliphatic heterocycles. The van der Waals surface area contributed by atoms with Gasteiger partial charge in [0.25, 0.3) is 0 Å². The van der Waals surface area contributed by atoms with Crippen LogP contribution >= 0.6 is 0 Å². The number of piperidine rings is 1. The number of fused-ring (bicyclic) bond motifs is 2. The minimum Gasteiger partial charge on any atom is -0.508 e. The second-order valence-electron chi connectivity index (χ2n) is 7.63. The molecular formula is C22H25NO2. The molecule has 2 aromatic rings. The molecule has 1 aliphatic carbocycles. The van der Waals surface area contributed by atoms with E-state index in [1.54, 1.807) is 6.07 Å². The highest BCUT2D eigenvalue weighted by atomic mass is 16.3. The predicted molar refractivity (Wildman–Crippen MR) is 98.8 cm³/mol. The van der Waals surface area contributed by atoms with Gasteiger partial charge < -0.3 is 5.11 Å². The van der Waals surface area contributed by atoms with Crippen molar-refractivity contribution in [2.24, 2.45) is 0 Å². The number of phenols is 1. The Balaban J connectivity index is 1.51. The van der Waals surface area contributed by atoms with Crippen molar-refractivity contribution in [3.8, 4) is 5.75 Å². The van der Waals surface area contributed by atoms with Gasteiger partial charge >= 0.3 is 0 Å². The van der Waals surface area contributed by atoms with Crippen molar-refractivity contribution in [3.63, 3.8) is 0 Å². The molecule has 1 saturated heterocycles. The minimum absolute atomic E-state index is 0.0814. The van der Waals surface area contributed by atoms with E-state index in [9.17, 15) is 9.90 Å². The zero-order valence-corrected chi connectivity index (χ0v) is 14.5. The van der Waals surface area contributed by atoms with Crippen LogP contribution in [0.15, 0.2) is 54.6 Å². The summed E-state index contributed by atoms with van der Waals surface area (Å²) in [6.07, 6.45) is 4.35. The average Bonchev–Trinajstić information content (AvgIpc) is 2.62. The summed E-state index contributed by atoms with van der Waals surface area (Å²) in [7, 11) is 0. The van der Waals surface area contributed by atoms with Gasteiger partial charge in [-0.05, 0) is 49.1 Å². The predicted octanol–water partition coefficient (Wildman–Crippen LogP) is 3.70. The SMILES string of the molecule is O=C1C[C@H]2C[C@](c3cccc(O)c3)(CCN2CCc2ccccc2)C1. The Labute approximate surface area is 149 Å². The molecule has 2 atom stereocenters. The number of likely N-dealkylation sites (tertiary alicyclic amines) is 1. The maximum absolute atomic E-state index is 12.5. The van der Waals surface area contributed by atoms with E-state index in [2.05, 4.69) is 35.2 Å². The molecule has 130 valence electrons. The number of phenolic OH excluding ortho intramolecular Hbond substituents is 1. The third-order valence-corrected chi connectivity index (χ3v) is 6.01. The summed E-state index contributed by atoms with van der Waals surface area (Å²) < 4.78 is 0. The van der Waals surface area contributed by atoms with Crippen LogP contribution in [0, 0.1) is 0 Å². The Kier molecular flexibility index (Phi) is 4.34. The van der Waals surface area contributed by atoms with Crippen LogP contribution in [0.4, 0.5) is 0 Å². The summed E-state index contributed by atoms with van der Waals surface area (Å²) in [5.74, 6) is 0.664. The lowest BCUT2D eigenvalue weighted by Crippen LogP contribution is -2.54. The first-order chi connectivity index (χ1) is 12.1. The molecule has 0 unspecified atom stereocenters. The van der Waals surface area contributed by atoms with Crippen molar-refractivity contribution in [2.45, 2.75) is 43.6 Å². The van der Waals surface area contributed by atoms with Crippen LogP contribution in [0.3, 0.4) is 0 Å². The largest absolute Gasteiger partial charge is 0.508 e. The quantitative estimate of drug-likeness (QED) is 0.926. The molecule has 25 heavy (non-hydrogen) atoms. The maximum Gasteiger partial charge on any atom is 0.135 e. The van der Waals surface area contributed by atoms with Crippen LogP contribution < -0.4 is 0 Å². The molecule has 2 aromatic carbocycles. The van der Waals surface area contributed by atoms with E-state index in [-0.39, 0.29) is 5.41 Å². The van der Waals surface area contributed by atoms with E-state index in [4.69, 9.17) is 0 Å². The fourth-order valence-electron chi connectivity index (χ4n) is 4.71. The highest BCUT2D eigenvalue weighted by Gasteiger charge is 2.46. The van der Waals surface area contributed by atoms with E-state index in [0.29, 0.717) is 30.4 Å². The lowest BCUT2D eigenvalue weighted by atomic mass is 9.63. The molecule has 0 spiro atoms. The van der Waals surface area contributed by atoms with Crippen LogP contribution in [0.25, 0.3) is 0 Å². The Morgan fingerprint density at radius 2 is 1.96 bits per heavy atom. The Bertz CT molecular complexity index is 758. The molecule has 1 saturated carbocycles. The Hall–Kier alpha value is -2.13. The molecule has 0 radical (unpaired) electrons. The fraction of sp³-hybridized carbons (Fsp3) is 0.409. The summed E-state index contributed by atoms with van der Waals surface area (Å²) in [5.41, 5.74) is 2.41. The Morgan fingerprint density at radius 3 is 2.76 bits per heavy atom. The molecule has 1 N–H and O–H groups in total. The number of aromatic hydroxyl groups is 1. The standard InChI is InChI=1S/C22H25NO2/c24-20-8-4-7-18(13-20)22-10-12-23(19(15-22)14-21(25)16-22)11-9-17-5-2-1-3-6-17/h1-8,13,19,24H,9-12,14-16H2/t19-,22+/m0/s1. The monoisotopic (exact) mass is 335 g/mol. The van der Waals surface area contributed by atoms with Crippen LogP contribution in [-0.4, -0.2) is 34.9 Å². The van der Waals surface area contributed by atoms with Crippen molar-refractivity contribution in [1.29, 1.82) is 0 Å². The lowest BCUT2D eigenvalue weighted by molar-refractivity contribution is -0.126. The second-order valence-corrected chi connectivity index (χ2v) is 7.63. The van der Waals surface area contributed by atoms with E-state index in [1.807, 2.05) is 18.2 Å². The highest BCUT2D eigenvalue weighted by Crippen LogP contribution is 2.46. The van der Waals surface area contributed by atoms with E-state index < -0.39 is 0 Å². The Morgan fingerprint density at radius 1 is 1.12 bits per heavy atom. The number of carbonyl (C=O) groups excluding carboxylic acids is 1. The third-order valence-electron chi connectivity index (χ3n) is 6.01. The smallest absolute Gasteiger partial charge is 0.135 e. The van der Waals surface area contributed by atoms with Crippen molar-refractivity contribution in [2.75, 3.05) is 13.1 Å². The highest BCUT2D eigenvalue weighted by molar-refractivity contribution is 5.82. The van der Waals surface area contributed by atoms with E-state index in [1.165, 1.54) is 5.56 Å². The van der Waals surface area contributed by atoms with Crippen molar-refractivity contribution >= 4 is 5.78 Å². The topological polar surface area (TPSA) is 40.5 Å². The molecule has 4 rings (SSSR count). The number of carbonyl (C=O) groups is 1. The zero-order chi connectivity index (χ0) is 17.3. The number of benzene rings is 2. The number of nitrogens with zero attached hydrogens (tertiary/aromatic N) is 1. The fourth-order valence-corrected chi connectivity index (χ4v) is 4.71. The number of Topliss-reactive ketones (excluding diaryl/α,β-unsaturated/α-hetero) is 1. The van der Waals surface area contributed by atoms with Crippen molar-refractivity contribution in [1.82, 2.24) is 4.90 Å². The van der Waals surface area contributed by atoms with Gasteiger partial charge in [-0.3, -0.25) is 9.69 Å². The first-order valence-corrected chi connectivity index (χ1v) is 9.24. The van der Waals surface area contributed by atoms with Gasteiger partial charge in [-0.1, -0.05) is 42.5 Å². The lowest BCUT2D eigenvalue weighted by Gasteiger charge is -2.50. The third kappa shape index (κ3) is 3.34. The number of rotatable bonds is 4.